The van der Waals surface area contributed by atoms with Gasteiger partial charge < -0.3 is 5.11 Å². The van der Waals surface area contributed by atoms with E-state index in [0.717, 1.165) is 6.07 Å². The van der Waals surface area contributed by atoms with Gasteiger partial charge in [-0.15, -0.1) is 0 Å². The predicted octanol–water partition coefficient (Wildman–Crippen LogP) is 3.68. The molecule has 0 radical (unpaired) electrons. The normalized spacial score (nSPS) is 16.7. The summed E-state index contributed by atoms with van der Waals surface area (Å²) in [5, 5.41) is 19.1. The Morgan fingerprint density at radius 1 is 1.33 bits per heavy atom. The van der Waals surface area contributed by atoms with E-state index in [-0.39, 0.29) is 12.0 Å². The van der Waals surface area contributed by atoms with Crippen LogP contribution in [0.2, 0.25) is 0 Å². The van der Waals surface area contributed by atoms with Crippen LogP contribution in [0.5, 0.6) is 0 Å². The number of aliphatic hydroxyl groups is 1. The number of nitriles is 1. The van der Waals surface area contributed by atoms with Crippen LogP contribution in [0.25, 0.3) is 0 Å². The fraction of sp³-hybridized carbons (Fsp3) is 0.462. The Labute approximate surface area is 104 Å². The Bertz CT molecular complexity index is 464. The van der Waals surface area contributed by atoms with Crippen molar-refractivity contribution in [3.63, 3.8) is 0 Å². The number of nitrogens with zero attached hydrogens (tertiary/aromatic N) is 1. The molecular formula is C13H14F3NO. The second-order valence-corrected chi connectivity index (χ2v) is 4.37. The highest BCUT2D eigenvalue weighted by atomic mass is 19.4. The van der Waals surface area contributed by atoms with E-state index in [1.165, 1.54) is 25.1 Å². The van der Waals surface area contributed by atoms with E-state index in [1.54, 1.807) is 6.92 Å². The first kappa shape index (κ1) is 14.5. The van der Waals surface area contributed by atoms with E-state index in [1.807, 2.05) is 6.07 Å². The zero-order valence-corrected chi connectivity index (χ0v) is 10.1. The molecule has 2 nitrogen and oxygen atoms in total. The Balaban J connectivity index is 3.31. The standard InChI is InChI=1S/C13H14F3NO/c1-3-12(2,8-17)11(18)9-6-4-5-7-10(9)13(14,15)16/h4-7,11,18H,3H2,1-2H3. The van der Waals surface area contributed by atoms with E-state index in [9.17, 15) is 18.3 Å². The average Bonchev–Trinajstić information content (AvgIpc) is 2.36. The first-order valence-corrected chi connectivity index (χ1v) is 5.51. The topological polar surface area (TPSA) is 44.0 Å². The molecule has 1 rings (SSSR count). The van der Waals surface area contributed by atoms with Crippen LogP contribution in [0.3, 0.4) is 0 Å². The van der Waals surface area contributed by atoms with Gasteiger partial charge in [0.05, 0.1) is 23.2 Å². The van der Waals surface area contributed by atoms with Crippen LogP contribution >= 0.6 is 0 Å². The molecule has 2 atom stereocenters. The molecule has 0 aromatic heterocycles. The quantitative estimate of drug-likeness (QED) is 0.897. The van der Waals surface area contributed by atoms with E-state index in [2.05, 4.69) is 0 Å². The van der Waals surface area contributed by atoms with Gasteiger partial charge in [-0.25, -0.2) is 0 Å². The number of hydrogen-bond acceptors (Lipinski definition) is 2. The summed E-state index contributed by atoms with van der Waals surface area (Å²) in [6.45, 7) is 3.10. The highest BCUT2D eigenvalue weighted by Crippen LogP contribution is 2.41. The third-order valence-corrected chi connectivity index (χ3v) is 3.15. The van der Waals surface area contributed by atoms with E-state index >= 15 is 0 Å². The van der Waals surface area contributed by atoms with Crippen LogP contribution in [-0.4, -0.2) is 5.11 Å². The Kier molecular flexibility index (Phi) is 4.02. The lowest BCUT2D eigenvalue weighted by molar-refractivity contribution is -0.139. The van der Waals surface area contributed by atoms with Gasteiger partial charge in [0.25, 0.3) is 0 Å². The highest BCUT2D eigenvalue weighted by Gasteiger charge is 2.40. The zero-order chi connectivity index (χ0) is 14.0. The summed E-state index contributed by atoms with van der Waals surface area (Å²) >= 11 is 0. The van der Waals surface area contributed by atoms with Crippen molar-refractivity contribution < 1.29 is 18.3 Å². The summed E-state index contributed by atoms with van der Waals surface area (Å²) in [5.74, 6) is 0. The first-order chi connectivity index (χ1) is 8.26. The number of alkyl halides is 3. The van der Waals surface area contributed by atoms with Gasteiger partial charge in [-0.2, -0.15) is 18.4 Å². The smallest absolute Gasteiger partial charge is 0.387 e. The van der Waals surface area contributed by atoms with Crippen molar-refractivity contribution in [1.82, 2.24) is 0 Å². The van der Waals surface area contributed by atoms with Gasteiger partial charge in [0.1, 0.15) is 0 Å². The van der Waals surface area contributed by atoms with Crippen LogP contribution in [0.15, 0.2) is 24.3 Å². The average molecular weight is 257 g/mol. The molecule has 0 saturated heterocycles. The molecule has 0 heterocycles. The molecule has 0 amide bonds. The highest BCUT2D eigenvalue weighted by molar-refractivity contribution is 5.33. The van der Waals surface area contributed by atoms with Crippen LogP contribution in [0, 0.1) is 16.7 Å². The molecule has 1 aromatic rings. The Hall–Kier alpha value is -1.54. The molecular weight excluding hydrogens is 243 g/mol. The molecule has 0 bridgehead atoms. The molecule has 2 unspecified atom stereocenters. The van der Waals surface area contributed by atoms with E-state index in [4.69, 9.17) is 5.26 Å². The second-order valence-electron chi connectivity index (χ2n) is 4.37. The lowest BCUT2D eigenvalue weighted by Gasteiger charge is -2.28. The van der Waals surface area contributed by atoms with Crippen molar-refractivity contribution in [1.29, 1.82) is 5.26 Å². The van der Waals surface area contributed by atoms with Crippen molar-refractivity contribution in [3.05, 3.63) is 35.4 Å². The monoisotopic (exact) mass is 257 g/mol. The minimum Gasteiger partial charge on any atom is -0.387 e. The van der Waals surface area contributed by atoms with Gasteiger partial charge in [0, 0.05) is 0 Å². The van der Waals surface area contributed by atoms with Gasteiger partial charge in [-0.3, -0.25) is 0 Å². The third-order valence-electron chi connectivity index (χ3n) is 3.15. The van der Waals surface area contributed by atoms with Crippen molar-refractivity contribution in [2.75, 3.05) is 0 Å². The molecule has 5 heteroatoms. The first-order valence-electron chi connectivity index (χ1n) is 5.51. The number of rotatable bonds is 3. The summed E-state index contributed by atoms with van der Waals surface area (Å²) in [7, 11) is 0. The van der Waals surface area contributed by atoms with Crippen molar-refractivity contribution in [2.24, 2.45) is 5.41 Å². The lowest BCUT2D eigenvalue weighted by atomic mass is 9.78. The lowest BCUT2D eigenvalue weighted by Crippen LogP contribution is -2.25. The fourth-order valence-electron chi connectivity index (χ4n) is 1.67. The maximum atomic E-state index is 12.8. The third kappa shape index (κ3) is 2.65. The van der Waals surface area contributed by atoms with Gasteiger partial charge >= 0.3 is 6.18 Å². The Morgan fingerprint density at radius 2 is 1.89 bits per heavy atom. The second kappa shape index (κ2) is 4.99. The predicted molar refractivity (Wildman–Crippen MR) is 60.4 cm³/mol. The number of aliphatic hydroxyl groups excluding tert-OH is 1. The van der Waals surface area contributed by atoms with Crippen LogP contribution < -0.4 is 0 Å². The largest absolute Gasteiger partial charge is 0.416 e. The van der Waals surface area contributed by atoms with Crippen LogP contribution in [-0.2, 0) is 6.18 Å². The van der Waals surface area contributed by atoms with Crippen LogP contribution in [0.4, 0.5) is 13.2 Å². The summed E-state index contributed by atoms with van der Waals surface area (Å²) < 4.78 is 38.4. The molecule has 0 aliphatic carbocycles. The molecule has 0 fully saturated rings. The molecule has 18 heavy (non-hydrogen) atoms. The maximum absolute atomic E-state index is 12.8. The minimum absolute atomic E-state index is 0.254. The molecule has 0 spiro atoms. The van der Waals surface area contributed by atoms with Gasteiger partial charge in [0.2, 0.25) is 0 Å². The van der Waals surface area contributed by atoms with Crippen molar-refractivity contribution >= 4 is 0 Å². The van der Waals surface area contributed by atoms with E-state index < -0.39 is 23.3 Å². The summed E-state index contributed by atoms with van der Waals surface area (Å²) in [6.07, 6.45) is -5.75. The number of halogens is 3. The number of hydrogen-bond donors (Lipinski definition) is 1. The van der Waals surface area contributed by atoms with E-state index in [0.29, 0.717) is 0 Å². The fourth-order valence-corrected chi connectivity index (χ4v) is 1.67. The van der Waals surface area contributed by atoms with Crippen LogP contribution in [0.1, 0.15) is 37.5 Å². The van der Waals surface area contributed by atoms with Gasteiger partial charge in [-0.1, -0.05) is 25.1 Å². The molecule has 0 saturated carbocycles. The molecule has 0 aliphatic rings. The van der Waals surface area contributed by atoms with Crippen molar-refractivity contribution in [2.45, 2.75) is 32.5 Å². The maximum Gasteiger partial charge on any atom is 0.416 e. The summed E-state index contributed by atoms with van der Waals surface area (Å²) in [4.78, 5) is 0. The van der Waals surface area contributed by atoms with Gasteiger partial charge in [-0.05, 0) is 25.0 Å². The number of benzene rings is 1. The molecule has 98 valence electrons. The summed E-state index contributed by atoms with van der Waals surface area (Å²) in [5.41, 5.74) is -2.38. The van der Waals surface area contributed by atoms with Crippen molar-refractivity contribution in [3.8, 4) is 6.07 Å². The molecule has 1 aromatic carbocycles. The Morgan fingerprint density at radius 3 is 2.33 bits per heavy atom. The van der Waals surface area contributed by atoms with Gasteiger partial charge in [0.15, 0.2) is 0 Å². The minimum atomic E-state index is -4.54. The SMILES string of the molecule is CCC(C)(C#N)C(O)c1ccccc1C(F)(F)F. The molecule has 1 N–H and O–H groups in total. The zero-order valence-electron chi connectivity index (χ0n) is 10.1. The summed E-state index contributed by atoms with van der Waals surface area (Å²) in [6, 6.07) is 6.68. The molecule has 0 aliphatic heterocycles.